The van der Waals surface area contributed by atoms with Gasteiger partial charge in [0, 0.05) is 7.05 Å². The molecule has 0 bridgehead atoms. The SMILES string of the molecule is CCCc1nn(C)c2c(=O)[nH]c(-c3cc(CC(=O)NO)ccc3OCC)nc12. The molecule has 0 unspecified atom stereocenters. The lowest BCUT2D eigenvalue weighted by atomic mass is 10.1. The first kappa shape index (κ1) is 19.6. The van der Waals surface area contributed by atoms with Crippen LogP contribution in [-0.2, 0) is 24.7 Å². The molecule has 0 spiro atoms. The van der Waals surface area contributed by atoms with Gasteiger partial charge in [-0.2, -0.15) is 5.10 Å². The van der Waals surface area contributed by atoms with E-state index in [0.717, 1.165) is 12.1 Å². The Hall–Kier alpha value is -3.20. The molecule has 0 radical (unpaired) electrons. The van der Waals surface area contributed by atoms with Crippen molar-refractivity contribution < 1.29 is 14.7 Å². The standard InChI is InChI=1S/C19H23N5O4/c1-4-6-13-16-17(24(3)22-13)19(26)21-18(20-16)12-9-11(10-15(25)23-27)7-8-14(12)28-5-2/h7-9,27H,4-6,10H2,1-3H3,(H,23,25)(H,20,21,26). The number of rotatable bonds is 7. The second-order valence-corrected chi connectivity index (χ2v) is 6.41. The number of hydroxylamine groups is 1. The van der Waals surface area contributed by atoms with Crippen molar-refractivity contribution in [2.75, 3.05) is 6.61 Å². The van der Waals surface area contributed by atoms with Gasteiger partial charge in [-0.3, -0.25) is 19.5 Å². The first-order chi connectivity index (χ1) is 13.5. The molecule has 0 saturated carbocycles. The van der Waals surface area contributed by atoms with E-state index in [1.165, 1.54) is 0 Å². The van der Waals surface area contributed by atoms with Crippen LogP contribution < -0.4 is 15.8 Å². The van der Waals surface area contributed by atoms with Crippen molar-refractivity contribution in [3.05, 3.63) is 39.8 Å². The summed E-state index contributed by atoms with van der Waals surface area (Å²) in [6.07, 6.45) is 1.57. The van der Waals surface area contributed by atoms with E-state index in [1.807, 2.05) is 13.8 Å². The fourth-order valence-electron chi connectivity index (χ4n) is 3.16. The summed E-state index contributed by atoms with van der Waals surface area (Å²) in [6, 6.07) is 5.17. The number of aryl methyl sites for hydroxylation is 2. The second-order valence-electron chi connectivity index (χ2n) is 6.41. The highest BCUT2D eigenvalue weighted by atomic mass is 16.5. The molecule has 9 heteroatoms. The summed E-state index contributed by atoms with van der Waals surface area (Å²) in [7, 11) is 1.72. The third kappa shape index (κ3) is 3.74. The van der Waals surface area contributed by atoms with Crippen LogP contribution in [0.5, 0.6) is 5.75 Å². The number of aromatic nitrogens is 4. The van der Waals surface area contributed by atoms with E-state index in [4.69, 9.17) is 9.94 Å². The Kier molecular flexibility index (Phi) is 5.74. The van der Waals surface area contributed by atoms with E-state index < -0.39 is 5.91 Å². The fourth-order valence-corrected chi connectivity index (χ4v) is 3.16. The number of carbonyl (C=O) groups is 1. The van der Waals surface area contributed by atoms with Crippen molar-refractivity contribution in [3.8, 4) is 17.1 Å². The van der Waals surface area contributed by atoms with Gasteiger partial charge >= 0.3 is 0 Å². The molecule has 2 heterocycles. The molecule has 3 rings (SSSR count). The Balaban J connectivity index is 2.19. The molecule has 1 amide bonds. The highest BCUT2D eigenvalue weighted by Gasteiger charge is 2.18. The largest absolute Gasteiger partial charge is 0.493 e. The summed E-state index contributed by atoms with van der Waals surface area (Å²) in [5.74, 6) is 0.348. The number of carbonyl (C=O) groups excluding carboxylic acids is 1. The molecule has 0 fully saturated rings. The van der Waals surface area contributed by atoms with Gasteiger partial charge in [-0.05, 0) is 31.0 Å². The highest BCUT2D eigenvalue weighted by molar-refractivity contribution is 5.81. The summed E-state index contributed by atoms with van der Waals surface area (Å²) < 4.78 is 7.22. The zero-order chi connectivity index (χ0) is 20.3. The molecule has 28 heavy (non-hydrogen) atoms. The van der Waals surface area contributed by atoms with Gasteiger partial charge in [0.1, 0.15) is 17.1 Å². The predicted molar refractivity (Wildman–Crippen MR) is 103 cm³/mol. The van der Waals surface area contributed by atoms with E-state index >= 15 is 0 Å². The van der Waals surface area contributed by atoms with Crippen LogP contribution in [0.1, 0.15) is 31.5 Å². The van der Waals surface area contributed by atoms with Crippen LogP contribution >= 0.6 is 0 Å². The summed E-state index contributed by atoms with van der Waals surface area (Å²) >= 11 is 0. The molecular formula is C19H23N5O4. The number of amides is 1. The number of benzene rings is 1. The average molecular weight is 385 g/mol. The van der Waals surface area contributed by atoms with Gasteiger partial charge in [0.15, 0.2) is 5.52 Å². The zero-order valence-electron chi connectivity index (χ0n) is 16.1. The molecule has 148 valence electrons. The minimum atomic E-state index is -0.537. The average Bonchev–Trinajstić information content (AvgIpc) is 2.99. The third-order valence-electron chi connectivity index (χ3n) is 4.34. The highest BCUT2D eigenvalue weighted by Crippen LogP contribution is 2.30. The molecule has 2 aromatic heterocycles. The van der Waals surface area contributed by atoms with Gasteiger partial charge in [0.05, 0.1) is 24.3 Å². The monoisotopic (exact) mass is 385 g/mol. The second kappa shape index (κ2) is 8.22. The maximum Gasteiger partial charge on any atom is 0.277 e. The van der Waals surface area contributed by atoms with Crippen molar-refractivity contribution in [1.29, 1.82) is 0 Å². The minimum Gasteiger partial charge on any atom is -0.493 e. The summed E-state index contributed by atoms with van der Waals surface area (Å²) in [6.45, 7) is 4.33. The van der Waals surface area contributed by atoms with Crippen LogP contribution in [0.3, 0.4) is 0 Å². The van der Waals surface area contributed by atoms with Crippen molar-refractivity contribution in [2.24, 2.45) is 7.05 Å². The Bertz CT molecular complexity index is 1070. The lowest BCUT2D eigenvalue weighted by Gasteiger charge is -2.12. The number of nitrogens with one attached hydrogen (secondary N) is 2. The molecule has 0 atom stereocenters. The van der Waals surface area contributed by atoms with Crippen LogP contribution in [-0.4, -0.2) is 37.5 Å². The lowest BCUT2D eigenvalue weighted by molar-refractivity contribution is -0.128. The van der Waals surface area contributed by atoms with Crippen molar-refractivity contribution >= 4 is 16.9 Å². The Labute approximate surface area is 161 Å². The Morgan fingerprint density at radius 2 is 2.14 bits per heavy atom. The van der Waals surface area contributed by atoms with Crippen molar-refractivity contribution in [1.82, 2.24) is 25.2 Å². The van der Waals surface area contributed by atoms with E-state index in [0.29, 0.717) is 46.8 Å². The first-order valence-corrected chi connectivity index (χ1v) is 9.13. The molecule has 0 aliphatic rings. The smallest absolute Gasteiger partial charge is 0.277 e. The van der Waals surface area contributed by atoms with Crippen LogP contribution in [0, 0.1) is 0 Å². The topological polar surface area (TPSA) is 122 Å². The molecule has 0 aliphatic heterocycles. The van der Waals surface area contributed by atoms with Crippen molar-refractivity contribution in [3.63, 3.8) is 0 Å². The van der Waals surface area contributed by atoms with Gasteiger partial charge < -0.3 is 9.72 Å². The van der Waals surface area contributed by atoms with Crippen LogP contribution in [0.15, 0.2) is 23.0 Å². The van der Waals surface area contributed by atoms with E-state index in [1.54, 1.807) is 35.4 Å². The van der Waals surface area contributed by atoms with E-state index in [9.17, 15) is 9.59 Å². The minimum absolute atomic E-state index is 0.0175. The Morgan fingerprint density at radius 1 is 1.36 bits per heavy atom. The van der Waals surface area contributed by atoms with Crippen LogP contribution in [0.25, 0.3) is 22.4 Å². The van der Waals surface area contributed by atoms with Crippen LogP contribution in [0.4, 0.5) is 0 Å². The van der Waals surface area contributed by atoms with Gasteiger partial charge in [-0.1, -0.05) is 19.4 Å². The van der Waals surface area contributed by atoms with Gasteiger partial charge in [-0.25, -0.2) is 10.5 Å². The number of hydrogen-bond acceptors (Lipinski definition) is 6. The number of nitrogens with zero attached hydrogens (tertiary/aromatic N) is 3. The fraction of sp³-hybridized carbons (Fsp3) is 0.368. The molecule has 9 nitrogen and oxygen atoms in total. The van der Waals surface area contributed by atoms with Crippen LogP contribution in [0.2, 0.25) is 0 Å². The lowest BCUT2D eigenvalue weighted by Crippen LogP contribution is -2.20. The maximum atomic E-state index is 12.7. The number of hydrogen-bond donors (Lipinski definition) is 3. The van der Waals surface area contributed by atoms with Gasteiger partial charge in [0.2, 0.25) is 5.91 Å². The van der Waals surface area contributed by atoms with Crippen molar-refractivity contribution in [2.45, 2.75) is 33.1 Å². The molecule has 3 N–H and O–H groups in total. The van der Waals surface area contributed by atoms with E-state index in [2.05, 4.69) is 15.1 Å². The molecular weight excluding hydrogens is 362 g/mol. The zero-order valence-corrected chi connectivity index (χ0v) is 16.1. The first-order valence-electron chi connectivity index (χ1n) is 9.13. The summed E-state index contributed by atoms with van der Waals surface area (Å²) in [5.41, 5.74) is 4.28. The summed E-state index contributed by atoms with van der Waals surface area (Å²) in [5, 5.41) is 13.2. The maximum absolute atomic E-state index is 12.7. The molecule has 0 saturated heterocycles. The van der Waals surface area contributed by atoms with E-state index in [-0.39, 0.29) is 12.0 Å². The summed E-state index contributed by atoms with van der Waals surface area (Å²) in [4.78, 5) is 31.7. The number of ether oxygens (including phenoxy) is 1. The predicted octanol–water partition coefficient (Wildman–Crippen LogP) is 1.72. The number of H-pyrrole nitrogens is 1. The van der Waals surface area contributed by atoms with Gasteiger partial charge in [-0.15, -0.1) is 0 Å². The van der Waals surface area contributed by atoms with Gasteiger partial charge in [0.25, 0.3) is 5.56 Å². The quantitative estimate of drug-likeness (QED) is 0.420. The number of fused-ring (bicyclic) bond motifs is 1. The Morgan fingerprint density at radius 3 is 2.82 bits per heavy atom. The molecule has 1 aromatic carbocycles. The molecule has 0 aliphatic carbocycles. The normalized spacial score (nSPS) is 11.0. The number of aromatic amines is 1. The third-order valence-corrected chi connectivity index (χ3v) is 4.34. The molecule has 3 aromatic rings.